The summed E-state index contributed by atoms with van der Waals surface area (Å²) in [6, 6.07) is 1.50. The Balaban J connectivity index is 2.98. The molecule has 0 aliphatic rings. The topological polar surface area (TPSA) is 48.0 Å². The Labute approximate surface area is 71.8 Å². The number of nitrogens with zero attached hydrogens (tertiary/aromatic N) is 1. The molecule has 12 heavy (non-hydrogen) atoms. The molecular formula is C9H14N2O. The third kappa shape index (κ3) is 2.12. The first-order valence-corrected chi connectivity index (χ1v) is 4.06. The summed E-state index contributed by atoms with van der Waals surface area (Å²) in [5.74, 6) is 5.97. The predicted octanol–water partition coefficient (Wildman–Crippen LogP) is 0.761. The van der Waals surface area contributed by atoms with Crippen molar-refractivity contribution in [2.75, 3.05) is 5.84 Å². The normalized spacial score (nSPS) is 10.6. The van der Waals surface area contributed by atoms with E-state index in [1.807, 2.05) is 0 Å². The molecular weight excluding hydrogens is 152 g/mol. The molecule has 0 amide bonds. The summed E-state index contributed by atoms with van der Waals surface area (Å²) in [4.78, 5) is 11.2. The highest BCUT2D eigenvalue weighted by Gasteiger charge is 2.01. The molecule has 0 bridgehead atoms. The molecule has 0 aliphatic carbocycles. The quantitative estimate of drug-likeness (QED) is 0.659. The zero-order valence-electron chi connectivity index (χ0n) is 7.45. The van der Waals surface area contributed by atoms with Gasteiger partial charge in [-0.05, 0) is 12.3 Å². The van der Waals surface area contributed by atoms with Crippen molar-refractivity contribution in [1.29, 1.82) is 0 Å². The van der Waals surface area contributed by atoms with Gasteiger partial charge in [-0.15, -0.1) is 0 Å². The Morgan fingerprint density at radius 1 is 1.58 bits per heavy atom. The van der Waals surface area contributed by atoms with E-state index in [2.05, 4.69) is 13.8 Å². The summed E-state index contributed by atoms with van der Waals surface area (Å²) < 4.78 is 1.42. The SMILES string of the molecule is CC(C)Cc1cn(N)ccc1=O. The Bertz CT molecular complexity index is 315. The van der Waals surface area contributed by atoms with Gasteiger partial charge in [-0.1, -0.05) is 13.8 Å². The summed E-state index contributed by atoms with van der Waals surface area (Å²) in [7, 11) is 0. The average molecular weight is 166 g/mol. The first kappa shape index (κ1) is 8.84. The van der Waals surface area contributed by atoms with Crippen molar-refractivity contribution >= 4 is 0 Å². The van der Waals surface area contributed by atoms with Crippen LogP contribution in [-0.2, 0) is 6.42 Å². The summed E-state index contributed by atoms with van der Waals surface area (Å²) in [5, 5.41) is 0. The van der Waals surface area contributed by atoms with Crippen molar-refractivity contribution in [3.05, 3.63) is 34.2 Å². The molecule has 0 saturated heterocycles. The maximum atomic E-state index is 11.2. The van der Waals surface area contributed by atoms with Crippen LogP contribution in [0.25, 0.3) is 0 Å². The molecule has 2 N–H and O–H groups in total. The van der Waals surface area contributed by atoms with Gasteiger partial charge in [0.25, 0.3) is 0 Å². The predicted molar refractivity (Wildman–Crippen MR) is 49.4 cm³/mol. The molecule has 1 aromatic heterocycles. The van der Waals surface area contributed by atoms with Crippen molar-refractivity contribution in [3.63, 3.8) is 0 Å². The second-order valence-electron chi connectivity index (χ2n) is 3.38. The third-order valence-electron chi connectivity index (χ3n) is 1.65. The van der Waals surface area contributed by atoms with Crippen LogP contribution in [0.15, 0.2) is 23.3 Å². The van der Waals surface area contributed by atoms with Crippen molar-refractivity contribution in [3.8, 4) is 0 Å². The first-order valence-electron chi connectivity index (χ1n) is 4.06. The molecule has 3 nitrogen and oxygen atoms in total. The van der Waals surface area contributed by atoms with Gasteiger partial charge in [-0.2, -0.15) is 0 Å². The maximum absolute atomic E-state index is 11.2. The number of aromatic nitrogens is 1. The molecule has 0 radical (unpaired) electrons. The van der Waals surface area contributed by atoms with E-state index in [1.165, 1.54) is 10.7 Å². The number of hydrogen-bond donors (Lipinski definition) is 1. The Hall–Kier alpha value is -1.25. The lowest BCUT2D eigenvalue weighted by Crippen LogP contribution is -2.17. The second kappa shape index (κ2) is 3.43. The molecule has 0 unspecified atom stereocenters. The number of hydrogen-bond acceptors (Lipinski definition) is 2. The first-order chi connectivity index (χ1) is 5.59. The highest BCUT2D eigenvalue weighted by molar-refractivity contribution is 5.10. The van der Waals surface area contributed by atoms with Crippen molar-refractivity contribution < 1.29 is 0 Å². The molecule has 0 atom stereocenters. The van der Waals surface area contributed by atoms with E-state index >= 15 is 0 Å². The lowest BCUT2D eigenvalue weighted by atomic mass is 10.0. The summed E-state index contributed by atoms with van der Waals surface area (Å²) in [5.41, 5.74) is 0.861. The largest absolute Gasteiger partial charge is 0.340 e. The van der Waals surface area contributed by atoms with Crippen molar-refractivity contribution in [2.45, 2.75) is 20.3 Å². The van der Waals surface area contributed by atoms with Crippen LogP contribution in [0.5, 0.6) is 0 Å². The van der Waals surface area contributed by atoms with Crippen molar-refractivity contribution in [2.24, 2.45) is 5.92 Å². The van der Waals surface area contributed by atoms with Gasteiger partial charge in [0.15, 0.2) is 5.43 Å². The molecule has 0 spiro atoms. The molecule has 66 valence electrons. The molecule has 3 heteroatoms. The monoisotopic (exact) mass is 166 g/mol. The minimum Gasteiger partial charge on any atom is -0.340 e. The van der Waals surface area contributed by atoms with E-state index in [9.17, 15) is 4.79 Å². The molecule has 0 saturated carbocycles. The van der Waals surface area contributed by atoms with Crippen molar-refractivity contribution in [1.82, 2.24) is 4.68 Å². The van der Waals surface area contributed by atoms with E-state index in [1.54, 1.807) is 12.4 Å². The van der Waals surface area contributed by atoms with Gasteiger partial charge in [0, 0.05) is 24.0 Å². The van der Waals surface area contributed by atoms with E-state index in [0.29, 0.717) is 5.92 Å². The number of nitrogens with two attached hydrogens (primary N) is 1. The van der Waals surface area contributed by atoms with Gasteiger partial charge in [0.2, 0.25) is 0 Å². The summed E-state index contributed by atoms with van der Waals surface area (Å²) >= 11 is 0. The minimum atomic E-state index is 0.0744. The molecule has 1 rings (SSSR count). The van der Waals surface area contributed by atoms with Crippen LogP contribution < -0.4 is 11.3 Å². The fraction of sp³-hybridized carbons (Fsp3) is 0.444. The molecule has 0 aliphatic heterocycles. The second-order valence-corrected chi connectivity index (χ2v) is 3.38. The van der Waals surface area contributed by atoms with Gasteiger partial charge in [0.1, 0.15) is 0 Å². The van der Waals surface area contributed by atoms with Crippen LogP contribution in [0.4, 0.5) is 0 Å². The van der Waals surface area contributed by atoms with Crippen LogP contribution in [0, 0.1) is 5.92 Å². The van der Waals surface area contributed by atoms with Crippen LogP contribution in [-0.4, -0.2) is 4.68 Å². The highest BCUT2D eigenvalue weighted by atomic mass is 16.1. The van der Waals surface area contributed by atoms with Gasteiger partial charge in [-0.25, -0.2) is 0 Å². The lowest BCUT2D eigenvalue weighted by Gasteiger charge is -2.05. The summed E-state index contributed by atoms with van der Waals surface area (Å²) in [6.07, 6.45) is 4.03. The fourth-order valence-electron chi connectivity index (χ4n) is 1.14. The summed E-state index contributed by atoms with van der Waals surface area (Å²) in [6.45, 7) is 4.15. The molecule has 1 aromatic rings. The third-order valence-corrected chi connectivity index (χ3v) is 1.65. The smallest absolute Gasteiger partial charge is 0.184 e. The maximum Gasteiger partial charge on any atom is 0.184 e. The number of rotatable bonds is 2. The van der Waals surface area contributed by atoms with Gasteiger partial charge >= 0.3 is 0 Å². The highest BCUT2D eigenvalue weighted by Crippen LogP contribution is 2.01. The zero-order chi connectivity index (χ0) is 9.14. The zero-order valence-corrected chi connectivity index (χ0v) is 7.45. The van der Waals surface area contributed by atoms with Crippen LogP contribution in [0.2, 0.25) is 0 Å². The molecule has 0 fully saturated rings. The Morgan fingerprint density at radius 2 is 2.25 bits per heavy atom. The minimum absolute atomic E-state index is 0.0744. The van der Waals surface area contributed by atoms with Crippen LogP contribution in [0.1, 0.15) is 19.4 Å². The number of nitrogen functional groups attached to an aromatic ring is 1. The van der Waals surface area contributed by atoms with Crippen LogP contribution >= 0.6 is 0 Å². The van der Waals surface area contributed by atoms with Gasteiger partial charge in [0.05, 0.1) is 0 Å². The Kier molecular flexibility index (Phi) is 2.53. The molecule has 0 aromatic carbocycles. The average Bonchev–Trinajstić information content (AvgIpc) is 1.96. The van der Waals surface area contributed by atoms with Gasteiger partial charge in [-0.3, -0.25) is 9.47 Å². The molecule has 1 heterocycles. The van der Waals surface area contributed by atoms with Crippen LogP contribution in [0.3, 0.4) is 0 Å². The van der Waals surface area contributed by atoms with Gasteiger partial charge < -0.3 is 5.84 Å². The number of pyridine rings is 1. The fourth-order valence-corrected chi connectivity index (χ4v) is 1.14. The van der Waals surface area contributed by atoms with E-state index < -0.39 is 0 Å². The standard InChI is InChI=1S/C9H14N2O/c1-7(2)5-8-6-11(10)4-3-9(8)12/h3-4,6-7H,5,10H2,1-2H3. The lowest BCUT2D eigenvalue weighted by molar-refractivity contribution is 0.640. The van der Waals surface area contributed by atoms with E-state index in [4.69, 9.17) is 5.84 Å². The van der Waals surface area contributed by atoms with E-state index in [-0.39, 0.29) is 5.43 Å². The Morgan fingerprint density at radius 3 is 2.83 bits per heavy atom. The van der Waals surface area contributed by atoms with E-state index in [0.717, 1.165) is 12.0 Å².